The molecule has 1 unspecified atom stereocenters. The maximum Gasteiger partial charge on any atom is 0.290 e. The van der Waals surface area contributed by atoms with Gasteiger partial charge in [0, 0.05) is 44.1 Å². The highest BCUT2D eigenvalue weighted by atomic mass is 32.1. The molecular weight excluding hydrogens is 757 g/mol. The van der Waals surface area contributed by atoms with Crippen molar-refractivity contribution in [1.29, 1.82) is 0 Å². The minimum absolute atomic E-state index is 0.0432. The SMILES string of the molecule is C=O.C=O.CCC.CCC(Cc1ccc(NC)cc1)NCCc1cc(C(=O)N[C@H](C)c2cccc(C)c2)cc(N(C)C)c1.Cc1ccsc1.NC=O.NC=O.O=CO. The second-order valence-electron chi connectivity index (χ2n) is 12.2. The Morgan fingerprint density at radius 2 is 1.41 bits per heavy atom. The lowest BCUT2D eigenvalue weighted by Gasteiger charge is -2.20. The highest BCUT2D eigenvalue weighted by molar-refractivity contribution is 7.07. The summed E-state index contributed by atoms with van der Waals surface area (Å²) in [6.45, 7) is 17.3. The molecule has 0 aliphatic heterocycles. The van der Waals surface area contributed by atoms with Gasteiger partial charge in [0.2, 0.25) is 12.8 Å². The fraction of sp³-hybridized carbons (Fsp3) is 0.364. The number of primary amides is 2. The van der Waals surface area contributed by atoms with Crippen LogP contribution in [0.25, 0.3) is 0 Å². The zero-order valence-electron chi connectivity index (χ0n) is 35.8. The summed E-state index contributed by atoms with van der Waals surface area (Å²) in [5.74, 6) is -0.0432. The van der Waals surface area contributed by atoms with E-state index in [0.717, 1.165) is 48.3 Å². The first-order valence-electron chi connectivity index (χ1n) is 18.5. The summed E-state index contributed by atoms with van der Waals surface area (Å²) in [7, 11) is 5.97. The Kier molecular flexibility index (Phi) is 41.4. The average molecular weight is 825 g/mol. The highest BCUT2D eigenvalue weighted by Crippen LogP contribution is 2.20. The number of nitrogens with zero attached hydrogens (tertiary/aromatic N) is 1. The molecule has 0 aliphatic carbocycles. The second kappa shape index (κ2) is 40.8. The Bertz CT molecular complexity index is 1570. The highest BCUT2D eigenvalue weighted by Gasteiger charge is 2.15. The molecule has 0 saturated carbocycles. The average Bonchev–Trinajstić information content (AvgIpc) is 3.71. The Labute approximate surface area is 350 Å². The Morgan fingerprint density at radius 1 is 0.862 bits per heavy atom. The minimum Gasteiger partial charge on any atom is -0.483 e. The Morgan fingerprint density at radius 3 is 1.83 bits per heavy atom. The van der Waals surface area contributed by atoms with E-state index < -0.39 is 0 Å². The second-order valence-corrected chi connectivity index (χ2v) is 13.0. The van der Waals surface area contributed by atoms with E-state index in [1.54, 1.807) is 11.3 Å². The fourth-order valence-corrected chi connectivity index (χ4v) is 5.38. The predicted octanol–water partition coefficient (Wildman–Crippen LogP) is 6.75. The van der Waals surface area contributed by atoms with Gasteiger partial charge in [0.25, 0.3) is 12.4 Å². The van der Waals surface area contributed by atoms with Crippen LogP contribution in [0, 0.1) is 13.8 Å². The molecule has 1 aromatic heterocycles. The van der Waals surface area contributed by atoms with Crippen molar-refractivity contribution in [2.24, 2.45) is 11.5 Å². The summed E-state index contributed by atoms with van der Waals surface area (Å²) in [6, 6.07) is 25.6. The summed E-state index contributed by atoms with van der Waals surface area (Å²) in [5.41, 5.74) is 17.4. The molecule has 0 spiro atoms. The van der Waals surface area contributed by atoms with Crippen LogP contribution in [0.4, 0.5) is 11.4 Å². The lowest BCUT2D eigenvalue weighted by atomic mass is 10.0. The van der Waals surface area contributed by atoms with Gasteiger partial charge in [0.1, 0.15) is 13.6 Å². The molecule has 58 heavy (non-hydrogen) atoms. The number of carbonyl (C=O) groups excluding carboxylic acids is 5. The molecule has 0 radical (unpaired) electrons. The van der Waals surface area contributed by atoms with Crippen molar-refractivity contribution >= 4 is 61.5 Å². The van der Waals surface area contributed by atoms with E-state index in [0.29, 0.717) is 11.6 Å². The van der Waals surface area contributed by atoms with Crippen LogP contribution in [0.5, 0.6) is 0 Å². The van der Waals surface area contributed by atoms with Gasteiger partial charge in [-0.15, -0.1) is 0 Å². The largest absolute Gasteiger partial charge is 0.483 e. The van der Waals surface area contributed by atoms with Crippen LogP contribution < -0.4 is 32.3 Å². The normalized spacial score (nSPS) is 9.81. The standard InChI is InChI=1S/C31H42N4O.C5H6S.C3H8.2CH3NO.CH2O2.2CH2O/c1-7-28(19-24-11-13-29(32-4)14-12-24)33-16-15-25-18-27(21-30(20-25)35(5)6)31(36)34-23(3)26-10-8-9-22(2)17-26;1-5-2-3-6-4-5;1-3-2;3*2-1-3;2*1-2/h8-14,17-18,20-21,23,28,32-33H,7,15-16,19H2,1-6H3,(H,34,36);2-4H,1H3;3H2,1-2H3;2*1H,(H2,2,3);1H,(H,2,3);2*1H2/t23-,28?;;;;;;;/m1......./s1. The molecule has 0 bridgehead atoms. The number of nitrogens with one attached hydrogen (secondary N) is 3. The summed E-state index contributed by atoms with van der Waals surface area (Å²) < 4.78 is 0. The number of hydrogen-bond donors (Lipinski definition) is 6. The molecule has 1 heterocycles. The molecule has 4 aromatic rings. The van der Waals surface area contributed by atoms with Crippen LogP contribution >= 0.6 is 11.3 Å². The van der Waals surface area contributed by atoms with E-state index in [1.165, 1.54) is 23.1 Å². The number of carbonyl (C=O) groups is 6. The van der Waals surface area contributed by atoms with Gasteiger partial charge in [-0.2, -0.15) is 11.3 Å². The molecule has 0 saturated heterocycles. The topological polar surface area (TPSA) is 214 Å². The molecule has 13 nitrogen and oxygen atoms in total. The van der Waals surface area contributed by atoms with Gasteiger partial charge in [0.05, 0.1) is 6.04 Å². The summed E-state index contributed by atoms with van der Waals surface area (Å²) in [5, 5.41) is 21.2. The zero-order valence-corrected chi connectivity index (χ0v) is 36.6. The lowest BCUT2D eigenvalue weighted by Crippen LogP contribution is -2.32. The predicted molar refractivity (Wildman–Crippen MR) is 242 cm³/mol. The van der Waals surface area contributed by atoms with E-state index in [1.807, 2.05) is 59.8 Å². The maximum atomic E-state index is 13.2. The summed E-state index contributed by atoms with van der Waals surface area (Å²) in [6.07, 6.45) is 4.68. The Hall–Kier alpha value is -5.86. The number of hydrogen-bond acceptors (Lipinski definition) is 10. The first-order chi connectivity index (χ1) is 27.8. The van der Waals surface area contributed by atoms with Crippen molar-refractivity contribution in [2.75, 3.05) is 37.9 Å². The lowest BCUT2D eigenvalue weighted by molar-refractivity contribution is -0.123. The Balaban J connectivity index is -0.000000546. The van der Waals surface area contributed by atoms with Crippen molar-refractivity contribution in [3.8, 4) is 0 Å². The van der Waals surface area contributed by atoms with Crippen LogP contribution in [-0.2, 0) is 36.8 Å². The van der Waals surface area contributed by atoms with E-state index >= 15 is 0 Å². The van der Waals surface area contributed by atoms with Crippen LogP contribution in [0.3, 0.4) is 0 Å². The molecule has 322 valence electrons. The summed E-state index contributed by atoms with van der Waals surface area (Å²) in [4.78, 5) is 56.8. The summed E-state index contributed by atoms with van der Waals surface area (Å²) >= 11 is 1.74. The van der Waals surface area contributed by atoms with Gasteiger partial charge in [0.15, 0.2) is 0 Å². The van der Waals surface area contributed by atoms with Gasteiger partial charge < -0.3 is 47.0 Å². The van der Waals surface area contributed by atoms with Crippen LogP contribution in [0.1, 0.15) is 84.8 Å². The third-order valence-electron chi connectivity index (χ3n) is 7.37. The number of rotatable bonds is 12. The van der Waals surface area contributed by atoms with E-state index in [-0.39, 0.29) is 31.2 Å². The van der Waals surface area contributed by atoms with Crippen molar-refractivity contribution in [3.63, 3.8) is 0 Å². The number of carboxylic acid groups (broad SMARTS) is 1. The third-order valence-corrected chi connectivity index (χ3v) is 8.17. The third kappa shape index (κ3) is 30.4. The van der Waals surface area contributed by atoms with Gasteiger partial charge in [-0.1, -0.05) is 69.2 Å². The molecule has 14 heteroatoms. The monoisotopic (exact) mass is 824 g/mol. The number of amides is 3. The number of nitrogens with two attached hydrogens (primary N) is 2. The van der Waals surface area contributed by atoms with Crippen molar-refractivity contribution < 1.29 is 33.9 Å². The van der Waals surface area contributed by atoms with Gasteiger partial charge in [-0.05, 0) is 116 Å². The van der Waals surface area contributed by atoms with Gasteiger partial charge >= 0.3 is 0 Å². The minimum atomic E-state index is -0.250. The zero-order chi connectivity index (χ0) is 45.3. The van der Waals surface area contributed by atoms with Crippen LogP contribution in [0.15, 0.2) is 83.6 Å². The fourth-order valence-electron chi connectivity index (χ4n) is 4.72. The molecule has 0 aliphatic rings. The first kappa shape index (κ1) is 58.8. The number of anilines is 2. The number of thiophene rings is 1. The smallest absolute Gasteiger partial charge is 0.290 e. The molecule has 4 rings (SSSR count). The maximum absolute atomic E-state index is 13.2. The van der Waals surface area contributed by atoms with E-state index in [9.17, 15) is 4.79 Å². The van der Waals surface area contributed by atoms with Crippen LogP contribution in [0.2, 0.25) is 0 Å². The first-order valence-corrected chi connectivity index (χ1v) is 19.4. The van der Waals surface area contributed by atoms with Crippen LogP contribution in [-0.4, -0.2) is 77.6 Å². The molecule has 3 aromatic carbocycles. The van der Waals surface area contributed by atoms with Gasteiger partial charge in [-0.25, -0.2) is 0 Å². The number of benzene rings is 3. The molecule has 2 atom stereocenters. The van der Waals surface area contributed by atoms with E-state index in [2.05, 4.69) is 132 Å². The van der Waals surface area contributed by atoms with Crippen molar-refractivity contribution in [3.05, 3.63) is 117 Å². The van der Waals surface area contributed by atoms with Crippen molar-refractivity contribution in [1.82, 2.24) is 10.6 Å². The quantitative estimate of drug-likeness (QED) is 0.0827. The van der Waals surface area contributed by atoms with E-state index in [4.69, 9.17) is 29.1 Å². The van der Waals surface area contributed by atoms with Crippen molar-refractivity contribution in [2.45, 2.75) is 79.3 Å². The van der Waals surface area contributed by atoms with Gasteiger partial charge in [-0.3, -0.25) is 19.2 Å². The molecule has 3 amide bonds. The molecular formula is C44H68N6O7S. The number of aryl methyl sites for hydroxylation is 2. The molecule has 0 fully saturated rings. The molecule has 8 N–H and O–H groups in total.